The minimum atomic E-state index is -5.34. The number of aliphatic hydroxyl groups is 1. The molecule has 3 aromatic carbocycles. The van der Waals surface area contributed by atoms with Gasteiger partial charge < -0.3 is 59.3 Å². The highest BCUT2D eigenvalue weighted by Crippen LogP contribution is 2.52. The van der Waals surface area contributed by atoms with E-state index in [0.717, 1.165) is 34.4 Å². The second kappa shape index (κ2) is 34.9. The standard InChI is InChI=1S/C68H77N11O23P2/c1-75(2)25-26-76(58(86)12-8-7-11-41-9-5-4-6-10-41)24-23-57(85)70-31-48(83)27-47(82)22-21-46-32-78(67(89)73-65(46)87)60-29-52(55(99-60)37-95-3)101-104(93,94)97-39-56-53(30-61(100-56)79-34-50(66(88)74-68(79)90)45-19-15-43(36-81)16-20-45)102-103(91,92)96-38-54-51(84)28-59(98-54)77-33-49(44-17-13-42(35-80)14-18-44)62-63(69)71-40-72-64(62)77/h4-6,9-10,13-20,32-36,40,51-56,59-61,84H,7-8,11-12,23-31,37-39H2,1-3H3,(H,70,85)(H,91,92)(H,93,94)(H2,69,71,72)(H,73,87,89)(H,74,88,90)/t51-,52-,53-,54+,55+,56+,59+,60+,61+/m0/s1. The highest BCUT2D eigenvalue weighted by atomic mass is 31.2. The van der Waals surface area contributed by atoms with Crippen LogP contribution in [0.1, 0.15) is 102 Å². The van der Waals surface area contributed by atoms with Crippen molar-refractivity contribution in [3.63, 3.8) is 0 Å². The molecule has 7 aromatic rings. The number of hydrogen-bond donors (Lipinski definition) is 7. The number of nitrogen functional groups attached to an aromatic ring is 1. The number of methoxy groups -OCH3 is 1. The van der Waals surface area contributed by atoms with Crippen LogP contribution in [-0.2, 0) is 71.8 Å². The third kappa shape index (κ3) is 20.1. The van der Waals surface area contributed by atoms with E-state index in [4.69, 9.17) is 42.8 Å². The number of amides is 2. The van der Waals surface area contributed by atoms with Crippen LogP contribution in [0.15, 0.2) is 123 Å². The Morgan fingerprint density at radius 1 is 0.702 bits per heavy atom. The number of Topliss-reactive ketones (excluding diaryl/α,β-unsaturated/α-hetero) is 2. The number of nitrogens with two attached hydrogens (primary N) is 1. The molecule has 3 aliphatic rings. The average Bonchev–Trinajstić information content (AvgIpc) is 1.60. The number of nitrogens with one attached hydrogen (secondary N) is 3. The highest BCUT2D eigenvalue weighted by molar-refractivity contribution is 7.47. The molecule has 0 bridgehead atoms. The number of aliphatic hydroxyl groups excluding tert-OH is 1. The smallest absolute Gasteiger partial charge is 0.390 e. The fourth-order valence-corrected chi connectivity index (χ4v) is 13.9. The number of aromatic amines is 2. The van der Waals surface area contributed by atoms with Crippen LogP contribution >= 0.6 is 15.6 Å². The number of ketones is 2. The molecule has 10 rings (SSSR count). The molecule has 2 unspecified atom stereocenters. The summed E-state index contributed by atoms with van der Waals surface area (Å²) in [5.41, 5.74) is 5.56. The zero-order valence-corrected chi connectivity index (χ0v) is 58.4. The molecule has 3 aliphatic heterocycles. The molecular formula is C68H77N11O23P2. The molecule has 0 saturated carbocycles. The third-order valence-corrected chi connectivity index (χ3v) is 19.4. The first kappa shape index (κ1) is 77.2. The fourth-order valence-electron chi connectivity index (χ4n) is 12.0. The van der Waals surface area contributed by atoms with Crippen molar-refractivity contribution in [2.24, 2.45) is 0 Å². The number of benzene rings is 3. The van der Waals surface area contributed by atoms with Crippen LogP contribution in [0.25, 0.3) is 33.3 Å². The van der Waals surface area contributed by atoms with E-state index in [1.54, 1.807) is 39.9 Å². The van der Waals surface area contributed by atoms with Crippen LogP contribution in [-0.4, -0.2) is 198 Å². The number of aromatic nitrogens is 7. The van der Waals surface area contributed by atoms with Gasteiger partial charge in [0.2, 0.25) is 17.6 Å². The lowest BCUT2D eigenvalue weighted by atomic mass is 10.0. The van der Waals surface area contributed by atoms with Crippen molar-refractivity contribution in [2.45, 2.75) is 113 Å². The van der Waals surface area contributed by atoms with E-state index < -0.39 is 156 Å². The zero-order valence-electron chi connectivity index (χ0n) is 56.6. The van der Waals surface area contributed by atoms with Crippen molar-refractivity contribution in [1.82, 2.24) is 48.8 Å². The summed E-state index contributed by atoms with van der Waals surface area (Å²) in [5.74, 6) is 2.37. The molecule has 104 heavy (non-hydrogen) atoms. The van der Waals surface area contributed by atoms with E-state index >= 15 is 0 Å². The topological polar surface area (TPSA) is 456 Å². The minimum absolute atomic E-state index is 0.0771. The number of aldehydes is 2. The number of rotatable bonds is 34. The Kier molecular flexibility index (Phi) is 25.9. The van der Waals surface area contributed by atoms with Gasteiger partial charge in [-0.3, -0.25) is 75.6 Å². The maximum absolute atomic E-state index is 14.0. The molecule has 0 aliphatic carbocycles. The molecule has 0 radical (unpaired) electrons. The predicted octanol–water partition coefficient (Wildman–Crippen LogP) is 3.14. The van der Waals surface area contributed by atoms with Gasteiger partial charge in [0.1, 0.15) is 85.1 Å². The number of nitrogens with zero attached hydrogens (tertiary/aromatic N) is 7. The SMILES string of the molecule is COC[C@H]1O[C@@H](n2cc(C#CC(=O)CC(=O)CNC(=O)CCN(CCN(C)C)C(=O)CCCCc3ccccc3)c(=O)[nH]c2=O)C[C@@H]1OP(=O)(O)OC[C@H]1O[C@@H](n2cc(-c3ccc(C=O)cc3)c(=O)[nH]c2=O)C[C@@H]1OP(=O)(O)OC[C@H]1O[C@@H](n2cc(-c3ccc(C=O)cc3)c3c(N)ncnc32)C[C@@H]1O. The largest absolute Gasteiger partial charge is 0.472 e. The summed E-state index contributed by atoms with van der Waals surface area (Å²) in [6.45, 7) is -1.54. The number of aryl methyl sites for hydroxylation is 1. The highest BCUT2D eigenvalue weighted by Gasteiger charge is 2.47. The lowest BCUT2D eigenvalue weighted by molar-refractivity contribution is -0.133. The quantitative estimate of drug-likeness (QED) is 0.0100. The number of H-pyrrole nitrogens is 2. The van der Waals surface area contributed by atoms with Crippen LogP contribution in [0.5, 0.6) is 0 Å². The average molecular weight is 1480 g/mol. The van der Waals surface area contributed by atoms with Crippen LogP contribution in [0.4, 0.5) is 5.82 Å². The first-order chi connectivity index (χ1) is 49.8. The summed E-state index contributed by atoms with van der Waals surface area (Å²) in [6, 6.07) is 22.3. The van der Waals surface area contributed by atoms with Crippen molar-refractivity contribution in [3.8, 4) is 34.1 Å². The number of phosphoric acid groups is 2. The number of carbonyl (C=O) groups excluding carboxylic acids is 6. The predicted molar refractivity (Wildman–Crippen MR) is 369 cm³/mol. The Balaban J connectivity index is 0.771. The Morgan fingerprint density at radius 3 is 1.88 bits per heavy atom. The van der Waals surface area contributed by atoms with Crippen molar-refractivity contribution < 1.29 is 89.8 Å². The molecule has 7 heterocycles. The fraction of sp³-hybridized carbons (Fsp3) is 0.412. The molecule has 2 amide bonds. The van der Waals surface area contributed by atoms with Crippen molar-refractivity contribution in [1.29, 1.82) is 0 Å². The number of anilines is 1. The summed E-state index contributed by atoms with van der Waals surface area (Å²) in [5, 5.41) is 14.2. The molecule has 34 nitrogen and oxygen atoms in total. The van der Waals surface area contributed by atoms with Crippen molar-refractivity contribution >= 4 is 68.4 Å². The van der Waals surface area contributed by atoms with Gasteiger partial charge in [-0.2, -0.15) is 0 Å². The van der Waals surface area contributed by atoms with Crippen LogP contribution < -0.4 is 33.5 Å². The number of unbranched alkanes of at least 4 members (excludes halogenated alkanes) is 1. The second-order valence-corrected chi connectivity index (χ2v) is 27.8. The van der Waals surface area contributed by atoms with Crippen LogP contribution in [0.2, 0.25) is 0 Å². The van der Waals surface area contributed by atoms with Gasteiger partial charge in [0, 0.05) is 94.1 Å². The number of phosphoric ester groups is 2. The lowest BCUT2D eigenvalue weighted by Gasteiger charge is -2.24. The Hall–Kier alpha value is -9.40. The normalized spacial score (nSPS) is 21.2. The number of fused-ring (bicyclic) bond motifs is 1. The zero-order chi connectivity index (χ0) is 74.4. The second-order valence-electron chi connectivity index (χ2n) is 25.0. The molecule has 4 aromatic heterocycles. The molecule has 8 N–H and O–H groups in total. The summed E-state index contributed by atoms with van der Waals surface area (Å²) in [4.78, 5) is 167. The minimum Gasteiger partial charge on any atom is -0.390 e. The van der Waals surface area contributed by atoms with Crippen LogP contribution in [0, 0.1) is 11.8 Å². The summed E-state index contributed by atoms with van der Waals surface area (Å²) >= 11 is 0. The summed E-state index contributed by atoms with van der Waals surface area (Å²) in [7, 11) is -5.65. The molecule has 552 valence electrons. The molecule has 0 spiro atoms. The third-order valence-electron chi connectivity index (χ3n) is 17.4. The number of likely N-dealkylation sites (N-methyl/N-ethyl adjacent to an activating group) is 1. The van der Waals surface area contributed by atoms with E-state index in [-0.39, 0.29) is 54.4 Å². The Bertz CT molecular complexity index is 4690. The van der Waals surface area contributed by atoms with Gasteiger partial charge in [-0.1, -0.05) is 84.8 Å². The van der Waals surface area contributed by atoms with Gasteiger partial charge in [-0.25, -0.2) is 28.7 Å². The molecule has 3 fully saturated rings. The van der Waals surface area contributed by atoms with Gasteiger partial charge in [0.25, 0.3) is 11.1 Å². The number of carbonyl (C=O) groups is 6. The summed E-state index contributed by atoms with van der Waals surface area (Å²) < 4.78 is 77.2. The molecule has 11 atom stereocenters. The van der Waals surface area contributed by atoms with Crippen molar-refractivity contribution in [2.75, 3.05) is 72.9 Å². The molecule has 36 heteroatoms. The molecular weight excluding hydrogens is 1400 g/mol. The first-order valence-electron chi connectivity index (χ1n) is 33.0. The maximum atomic E-state index is 14.0. The monoisotopic (exact) mass is 1480 g/mol. The van der Waals surface area contributed by atoms with E-state index in [0.29, 0.717) is 66.2 Å². The van der Waals surface area contributed by atoms with E-state index in [1.165, 1.54) is 43.3 Å². The van der Waals surface area contributed by atoms with Crippen LogP contribution in [0.3, 0.4) is 0 Å². The number of ether oxygens (including phenoxy) is 4. The molecule has 3 saturated heterocycles. The van der Waals surface area contributed by atoms with E-state index in [9.17, 15) is 72.0 Å². The van der Waals surface area contributed by atoms with Gasteiger partial charge in [0.05, 0.1) is 49.8 Å². The van der Waals surface area contributed by atoms with Gasteiger partial charge >= 0.3 is 27.0 Å². The van der Waals surface area contributed by atoms with E-state index in [1.807, 2.05) is 49.3 Å². The maximum Gasteiger partial charge on any atom is 0.472 e. The van der Waals surface area contributed by atoms with Gasteiger partial charge in [0.15, 0.2) is 5.78 Å². The van der Waals surface area contributed by atoms with Crippen molar-refractivity contribution in [3.05, 3.63) is 168 Å². The van der Waals surface area contributed by atoms with Gasteiger partial charge in [-0.15, -0.1) is 0 Å². The van der Waals surface area contributed by atoms with E-state index in [2.05, 4.69) is 37.1 Å². The lowest BCUT2D eigenvalue weighted by Crippen LogP contribution is -2.39. The van der Waals surface area contributed by atoms with Gasteiger partial charge in [-0.05, 0) is 56.0 Å². The Labute approximate surface area is 592 Å². The first-order valence-corrected chi connectivity index (χ1v) is 35.9. The number of hydrogen-bond acceptors (Lipinski definition) is 25. The Morgan fingerprint density at radius 2 is 1.27 bits per heavy atom. The summed E-state index contributed by atoms with van der Waals surface area (Å²) in [6.07, 6.45) is -5.30.